The molecule has 0 saturated heterocycles. The molecule has 1 aromatic rings. The number of nitrogens with zero attached hydrogens (tertiary/aromatic N) is 2. The van der Waals surface area contributed by atoms with Gasteiger partial charge in [-0.25, -0.2) is 9.59 Å². The summed E-state index contributed by atoms with van der Waals surface area (Å²) in [6.45, 7) is 1.56. The summed E-state index contributed by atoms with van der Waals surface area (Å²) in [6, 6.07) is 10.4. The van der Waals surface area contributed by atoms with Crippen LogP contribution in [0.25, 0.3) is 0 Å². The standard InChI is InChI=1S/C21H28N2O4/c1-26-20(24)18-14-22(17-11-7-4-8-12-17)15-23(19(18)21(25)27-2)13-16-9-5-3-6-10-16/h3,5-6,9-10,17H,4,7-8,11-15H2,1-2H3. The van der Waals surface area contributed by atoms with Crippen molar-refractivity contribution in [3.63, 3.8) is 0 Å². The molecule has 3 rings (SSSR count). The number of ether oxygens (including phenoxy) is 2. The maximum absolute atomic E-state index is 12.5. The minimum absolute atomic E-state index is 0.320. The van der Waals surface area contributed by atoms with E-state index >= 15 is 0 Å². The Hall–Kier alpha value is -2.34. The van der Waals surface area contributed by atoms with Gasteiger partial charge in [-0.15, -0.1) is 0 Å². The third kappa shape index (κ3) is 4.50. The second-order valence-corrected chi connectivity index (χ2v) is 7.17. The summed E-state index contributed by atoms with van der Waals surface area (Å²) >= 11 is 0. The van der Waals surface area contributed by atoms with Crippen LogP contribution in [-0.2, 0) is 25.6 Å². The van der Waals surface area contributed by atoms with Crippen LogP contribution in [0.15, 0.2) is 41.6 Å². The molecule has 0 N–H and O–H groups in total. The third-order valence-corrected chi connectivity index (χ3v) is 5.43. The highest BCUT2D eigenvalue weighted by Gasteiger charge is 2.36. The zero-order valence-corrected chi connectivity index (χ0v) is 16.1. The fourth-order valence-corrected chi connectivity index (χ4v) is 4.07. The first-order chi connectivity index (χ1) is 13.1. The molecule has 1 heterocycles. The molecule has 0 atom stereocenters. The number of hydrogen-bond donors (Lipinski definition) is 0. The lowest BCUT2D eigenvalue weighted by molar-refractivity contribution is -0.142. The van der Waals surface area contributed by atoms with Crippen molar-refractivity contribution in [1.82, 2.24) is 9.80 Å². The van der Waals surface area contributed by atoms with E-state index in [0.717, 1.165) is 18.4 Å². The first-order valence-corrected chi connectivity index (χ1v) is 9.56. The molecule has 1 aliphatic carbocycles. The molecule has 6 heteroatoms. The fraction of sp³-hybridized carbons (Fsp3) is 0.524. The van der Waals surface area contributed by atoms with Crippen LogP contribution in [-0.4, -0.2) is 55.2 Å². The van der Waals surface area contributed by atoms with Gasteiger partial charge in [0.05, 0.1) is 26.5 Å². The number of methoxy groups -OCH3 is 2. The Balaban J connectivity index is 1.95. The normalized spacial score (nSPS) is 19.1. The number of benzene rings is 1. The van der Waals surface area contributed by atoms with E-state index in [1.54, 1.807) is 0 Å². The Morgan fingerprint density at radius 2 is 1.67 bits per heavy atom. The van der Waals surface area contributed by atoms with Crippen molar-refractivity contribution < 1.29 is 19.1 Å². The number of carbonyl (C=O) groups is 2. The molecule has 1 aliphatic heterocycles. The van der Waals surface area contributed by atoms with Crippen LogP contribution in [0.1, 0.15) is 37.7 Å². The summed E-state index contributed by atoms with van der Waals surface area (Å²) in [4.78, 5) is 29.3. The molecule has 0 amide bonds. The van der Waals surface area contributed by atoms with Crippen LogP contribution in [0.2, 0.25) is 0 Å². The maximum Gasteiger partial charge on any atom is 0.354 e. The highest BCUT2D eigenvalue weighted by molar-refractivity contribution is 6.00. The molecular formula is C21H28N2O4. The predicted molar refractivity (Wildman–Crippen MR) is 101 cm³/mol. The summed E-state index contributed by atoms with van der Waals surface area (Å²) in [5, 5.41) is 0. The van der Waals surface area contributed by atoms with Crippen LogP contribution < -0.4 is 0 Å². The number of esters is 2. The van der Waals surface area contributed by atoms with Crippen molar-refractivity contribution in [2.75, 3.05) is 27.4 Å². The van der Waals surface area contributed by atoms with Crippen molar-refractivity contribution >= 4 is 11.9 Å². The van der Waals surface area contributed by atoms with E-state index in [9.17, 15) is 9.59 Å². The lowest BCUT2D eigenvalue weighted by Gasteiger charge is -2.43. The molecule has 27 heavy (non-hydrogen) atoms. The Labute approximate surface area is 160 Å². The summed E-state index contributed by atoms with van der Waals surface area (Å²) in [5.41, 5.74) is 1.78. The second kappa shape index (κ2) is 9.04. The average molecular weight is 372 g/mol. The zero-order valence-electron chi connectivity index (χ0n) is 16.1. The van der Waals surface area contributed by atoms with Gasteiger partial charge in [0, 0.05) is 19.1 Å². The topological polar surface area (TPSA) is 59.1 Å². The van der Waals surface area contributed by atoms with Gasteiger partial charge in [-0.2, -0.15) is 0 Å². The molecule has 0 radical (unpaired) electrons. The molecular weight excluding hydrogens is 344 g/mol. The molecule has 1 aromatic carbocycles. The van der Waals surface area contributed by atoms with Crippen molar-refractivity contribution in [2.45, 2.75) is 44.7 Å². The monoisotopic (exact) mass is 372 g/mol. The quantitative estimate of drug-likeness (QED) is 0.741. The Kier molecular flexibility index (Phi) is 6.50. The van der Waals surface area contributed by atoms with E-state index in [0.29, 0.717) is 37.1 Å². The summed E-state index contributed by atoms with van der Waals surface area (Å²) in [7, 11) is 2.70. The molecule has 146 valence electrons. The summed E-state index contributed by atoms with van der Waals surface area (Å²) in [5.74, 6) is -0.955. The van der Waals surface area contributed by atoms with Gasteiger partial charge in [0.1, 0.15) is 5.70 Å². The van der Waals surface area contributed by atoms with Gasteiger partial charge in [0.15, 0.2) is 0 Å². The van der Waals surface area contributed by atoms with Crippen molar-refractivity contribution in [2.24, 2.45) is 0 Å². The molecule has 1 fully saturated rings. The van der Waals surface area contributed by atoms with Crippen LogP contribution in [0, 0.1) is 0 Å². The Morgan fingerprint density at radius 1 is 1.00 bits per heavy atom. The predicted octanol–water partition coefficient (Wildman–Crippen LogP) is 2.69. The molecule has 0 spiro atoms. The molecule has 1 saturated carbocycles. The van der Waals surface area contributed by atoms with E-state index in [2.05, 4.69) is 4.90 Å². The van der Waals surface area contributed by atoms with Gasteiger partial charge < -0.3 is 14.4 Å². The maximum atomic E-state index is 12.5. The van der Waals surface area contributed by atoms with Gasteiger partial charge in [-0.1, -0.05) is 49.6 Å². The van der Waals surface area contributed by atoms with Gasteiger partial charge in [0.2, 0.25) is 0 Å². The van der Waals surface area contributed by atoms with Gasteiger partial charge in [-0.05, 0) is 18.4 Å². The Morgan fingerprint density at radius 3 is 2.30 bits per heavy atom. The van der Waals surface area contributed by atoms with Crippen LogP contribution in [0.4, 0.5) is 0 Å². The number of carbonyl (C=O) groups excluding carboxylic acids is 2. The van der Waals surface area contributed by atoms with Crippen LogP contribution in [0.3, 0.4) is 0 Å². The smallest absolute Gasteiger partial charge is 0.354 e. The molecule has 6 nitrogen and oxygen atoms in total. The van der Waals surface area contributed by atoms with Crippen molar-refractivity contribution in [3.8, 4) is 0 Å². The molecule has 0 unspecified atom stereocenters. The minimum Gasteiger partial charge on any atom is -0.466 e. The van der Waals surface area contributed by atoms with E-state index in [1.807, 2.05) is 35.2 Å². The third-order valence-electron chi connectivity index (χ3n) is 5.43. The Bertz CT molecular complexity index is 695. The lowest BCUT2D eigenvalue weighted by atomic mass is 9.93. The molecule has 2 aliphatic rings. The first-order valence-electron chi connectivity index (χ1n) is 9.56. The number of hydrogen-bond acceptors (Lipinski definition) is 6. The molecule has 0 aromatic heterocycles. The zero-order chi connectivity index (χ0) is 19.2. The summed E-state index contributed by atoms with van der Waals surface area (Å²) in [6.07, 6.45) is 5.94. The highest BCUT2D eigenvalue weighted by atomic mass is 16.5. The van der Waals surface area contributed by atoms with Gasteiger partial charge in [-0.3, -0.25) is 4.90 Å². The van der Waals surface area contributed by atoms with Crippen molar-refractivity contribution in [3.05, 3.63) is 47.2 Å². The van der Waals surface area contributed by atoms with E-state index in [-0.39, 0.29) is 0 Å². The first kappa shape index (κ1) is 19.4. The number of rotatable bonds is 5. The second-order valence-electron chi connectivity index (χ2n) is 7.17. The minimum atomic E-state index is -0.491. The van der Waals surface area contributed by atoms with Crippen molar-refractivity contribution in [1.29, 1.82) is 0 Å². The summed E-state index contributed by atoms with van der Waals surface area (Å²) < 4.78 is 9.99. The van der Waals surface area contributed by atoms with Crippen LogP contribution in [0.5, 0.6) is 0 Å². The van der Waals surface area contributed by atoms with E-state index < -0.39 is 11.9 Å². The van der Waals surface area contributed by atoms with Gasteiger partial charge in [0.25, 0.3) is 0 Å². The van der Waals surface area contributed by atoms with Crippen LogP contribution >= 0.6 is 0 Å². The lowest BCUT2D eigenvalue weighted by Crippen LogP contribution is -2.51. The average Bonchev–Trinajstić information content (AvgIpc) is 2.73. The van der Waals surface area contributed by atoms with E-state index in [4.69, 9.17) is 9.47 Å². The van der Waals surface area contributed by atoms with Gasteiger partial charge >= 0.3 is 11.9 Å². The fourth-order valence-electron chi connectivity index (χ4n) is 4.07. The largest absolute Gasteiger partial charge is 0.466 e. The molecule has 0 bridgehead atoms. The van der Waals surface area contributed by atoms with E-state index in [1.165, 1.54) is 33.5 Å². The highest BCUT2D eigenvalue weighted by Crippen LogP contribution is 2.29. The SMILES string of the molecule is COC(=O)C1=C(C(=O)OC)N(Cc2ccccc2)CN(C2CCCCC2)C1.